The number of piperidine rings is 1. The molecule has 2 amide bonds. The molecule has 7 heteroatoms. The Hall–Kier alpha value is -2.02. The van der Waals surface area contributed by atoms with Gasteiger partial charge in [-0.15, -0.1) is 11.8 Å². The second-order valence-corrected chi connectivity index (χ2v) is 9.08. The predicted molar refractivity (Wildman–Crippen MR) is 117 cm³/mol. The Morgan fingerprint density at radius 2 is 2.03 bits per heavy atom. The fraction of sp³-hybridized carbons (Fsp3) is 0.609. The van der Waals surface area contributed by atoms with Crippen LogP contribution in [0.25, 0.3) is 0 Å². The summed E-state index contributed by atoms with van der Waals surface area (Å²) in [5.41, 5.74) is 0.757. The van der Waals surface area contributed by atoms with Crippen LogP contribution in [0.4, 0.5) is 0 Å². The topological polar surface area (TPSA) is 75.7 Å². The Bertz CT molecular complexity index is 767. The first-order valence-electron chi connectivity index (χ1n) is 10.9. The molecule has 1 aromatic carbocycles. The smallest absolute Gasteiger partial charge is 0.328 e. The normalized spacial score (nSPS) is 23.9. The molecule has 2 aliphatic rings. The van der Waals surface area contributed by atoms with E-state index in [4.69, 9.17) is 4.74 Å². The molecule has 2 saturated heterocycles. The summed E-state index contributed by atoms with van der Waals surface area (Å²) in [6.07, 6.45) is 7.37. The van der Waals surface area contributed by atoms with Gasteiger partial charge in [-0.3, -0.25) is 9.59 Å². The Morgan fingerprint density at radius 3 is 2.67 bits per heavy atom. The zero-order valence-electron chi connectivity index (χ0n) is 17.9. The number of esters is 1. The molecule has 30 heavy (non-hydrogen) atoms. The highest BCUT2D eigenvalue weighted by Gasteiger charge is 2.39. The Kier molecular flexibility index (Phi) is 7.81. The number of carbonyl (C=O) groups excluding carboxylic acids is 3. The fourth-order valence-corrected chi connectivity index (χ4v) is 4.93. The number of nitrogens with zero attached hydrogens (tertiary/aromatic N) is 1. The second kappa shape index (κ2) is 10.3. The summed E-state index contributed by atoms with van der Waals surface area (Å²) in [7, 11) is 0. The molecule has 1 aromatic rings. The Labute approximate surface area is 183 Å². The van der Waals surface area contributed by atoms with Crippen molar-refractivity contribution in [3.05, 3.63) is 29.8 Å². The number of amides is 2. The monoisotopic (exact) mass is 432 g/mol. The molecule has 164 valence electrons. The van der Waals surface area contributed by atoms with Crippen molar-refractivity contribution in [3.8, 4) is 0 Å². The van der Waals surface area contributed by atoms with Crippen LogP contribution in [0.15, 0.2) is 29.2 Å². The molecule has 6 nitrogen and oxygen atoms in total. The van der Waals surface area contributed by atoms with Gasteiger partial charge in [0.15, 0.2) is 0 Å². The highest BCUT2D eigenvalue weighted by molar-refractivity contribution is 7.98. The van der Waals surface area contributed by atoms with Gasteiger partial charge in [-0.25, -0.2) is 4.79 Å². The van der Waals surface area contributed by atoms with Crippen molar-refractivity contribution in [2.45, 2.75) is 74.8 Å². The van der Waals surface area contributed by atoms with Crippen LogP contribution in [-0.2, 0) is 25.5 Å². The van der Waals surface area contributed by atoms with E-state index < -0.39 is 11.6 Å². The number of thioether (sulfide) groups is 1. The number of hydrogen-bond donors (Lipinski definition) is 1. The van der Waals surface area contributed by atoms with Gasteiger partial charge < -0.3 is 15.0 Å². The number of hydrogen-bond acceptors (Lipinski definition) is 5. The summed E-state index contributed by atoms with van der Waals surface area (Å²) in [5, 5.41) is 3.15. The molecule has 1 N–H and O–H groups in total. The van der Waals surface area contributed by atoms with Crippen LogP contribution in [-0.4, -0.2) is 53.7 Å². The molecule has 3 rings (SSSR count). The summed E-state index contributed by atoms with van der Waals surface area (Å²) >= 11 is 1.70. The van der Waals surface area contributed by atoms with Crippen molar-refractivity contribution in [3.63, 3.8) is 0 Å². The molecule has 2 fully saturated rings. The number of carbonyl (C=O) groups is 3. The number of likely N-dealkylation sites (tertiary alicyclic amines) is 1. The maximum absolute atomic E-state index is 13.0. The first kappa shape index (κ1) is 22.7. The Balaban J connectivity index is 1.66. The molecule has 2 aliphatic heterocycles. The first-order chi connectivity index (χ1) is 14.5. The van der Waals surface area contributed by atoms with Gasteiger partial charge in [0.05, 0.1) is 6.61 Å². The molecule has 0 aliphatic carbocycles. The SMILES string of the molecule is CCOC(=O)C1CCCCN1C(=O)CCC1(Cc2ccc(SC)cc2)CCC(=O)N1. The van der Waals surface area contributed by atoms with Crippen LogP contribution in [0.1, 0.15) is 57.4 Å². The lowest BCUT2D eigenvalue weighted by atomic mass is 9.84. The van der Waals surface area contributed by atoms with E-state index in [1.54, 1.807) is 23.6 Å². The van der Waals surface area contributed by atoms with Gasteiger partial charge in [0, 0.05) is 29.8 Å². The third-order valence-corrected chi connectivity index (χ3v) is 6.88. The Morgan fingerprint density at radius 1 is 1.27 bits per heavy atom. The van der Waals surface area contributed by atoms with Crippen LogP contribution >= 0.6 is 11.8 Å². The fourth-order valence-electron chi connectivity index (χ4n) is 4.52. The lowest BCUT2D eigenvalue weighted by molar-refractivity contribution is -0.156. The van der Waals surface area contributed by atoms with Crippen LogP contribution < -0.4 is 5.32 Å². The van der Waals surface area contributed by atoms with E-state index in [0.717, 1.165) is 24.8 Å². The minimum absolute atomic E-state index is 0.0222. The van der Waals surface area contributed by atoms with E-state index in [2.05, 4.69) is 29.6 Å². The third kappa shape index (κ3) is 5.56. The van der Waals surface area contributed by atoms with Gasteiger partial charge in [0.1, 0.15) is 6.04 Å². The highest BCUT2D eigenvalue weighted by Crippen LogP contribution is 2.31. The highest BCUT2D eigenvalue weighted by atomic mass is 32.2. The van der Waals surface area contributed by atoms with Crippen LogP contribution in [0.5, 0.6) is 0 Å². The summed E-state index contributed by atoms with van der Waals surface area (Å²) < 4.78 is 5.18. The molecule has 0 radical (unpaired) electrons. The number of ether oxygens (including phenoxy) is 1. The maximum Gasteiger partial charge on any atom is 0.328 e. The van der Waals surface area contributed by atoms with Gasteiger partial charge in [0.25, 0.3) is 0 Å². The average Bonchev–Trinajstić information content (AvgIpc) is 3.13. The second-order valence-electron chi connectivity index (χ2n) is 8.20. The van der Waals surface area contributed by atoms with Gasteiger partial charge in [0.2, 0.25) is 11.8 Å². The quantitative estimate of drug-likeness (QED) is 0.504. The summed E-state index contributed by atoms with van der Waals surface area (Å²) in [6.45, 7) is 2.70. The summed E-state index contributed by atoms with van der Waals surface area (Å²) in [4.78, 5) is 40.3. The molecule has 2 atom stereocenters. The van der Waals surface area contributed by atoms with E-state index >= 15 is 0 Å². The molecule has 0 spiro atoms. The largest absolute Gasteiger partial charge is 0.464 e. The number of rotatable bonds is 8. The minimum atomic E-state index is -0.473. The average molecular weight is 433 g/mol. The van der Waals surface area contributed by atoms with Crippen molar-refractivity contribution in [1.82, 2.24) is 10.2 Å². The van der Waals surface area contributed by atoms with Crippen molar-refractivity contribution >= 4 is 29.5 Å². The zero-order valence-corrected chi connectivity index (χ0v) is 18.8. The molecule has 2 heterocycles. The van der Waals surface area contributed by atoms with Gasteiger partial charge >= 0.3 is 5.97 Å². The van der Waals surface area contributed by atoms with Crippen LogP contribution in [0.3, 0.4) is 0 Å². The van der Waals surface area contributed by atoms with Gasteiger partial charge in [-0.1, -0.05) is 12.1 Å². The van der Waals surface area contributed by atoms with E-state index in [9.17, 15) is 14.4 Å². The lowest BCUT2D eigenvalue weighted by Crippen LogP contribution is -2.50. The molecular formula is C23H32N2O4S. The first-order valence-corrected chi connectivity index (χ1v) is 12.1. The van der Waals surface area contributed by atoms with Crippen LogP contribution in [0, 0.1) is 0 Å². The number of benzene rings is 1. The predicted octanol–water partition coefficient (Wildman–Crippen LogP) is 3.32. The molecule has 2 unspecified atom stereocenters. The zero-order chi connectivity index (χ0) is 21.6. The lowest BCUT2D eigenvalue weighted by Gasteiger charge is -2.35. The van der Waals surface area contributed by atoms with Gasteiger partial charge in [-0.05, 0) is 69.4 Å². The molecular weight excluding hydrogens is 400 g/mol. The van der Waals surface area contributed by atoms with Crippen molar-refractivity contribution in [2.75, 3.05) is 19.4 Å². The third-order valence-electron chi connectivity index (χ3n) is 6.14. The summed E-state index contributed by atoms with van der Waals surface area (Å²) in [6, 6.07) is 7.91. The van der Waals surface area contributed by atoms with Crippen molar-refractivity contribution in [1.29, 1.82) is 0 Å². The summed E-state index contributed by atoms with van der Waals surface area (Å²) in [5.74, 6) is -0.278. The minimum Gasteiger partial charge on any atom is -0.464 e. The van der Waals surface area contributed by atoms with Crippen molar-refractivity contribution in [2.24, 2.45) is 0 Å². The van der Waals surface area contributed by atoms with E-state index in [1.165, 1.54) is 4.90 Å². The maximum atomic E-state index is 13.0. The van der Waals surface area contributed by atoms with E-state index in [-0.39, 0.29) is 17.8 Å². The standard InChI is InChI=1S/C23H32N2O4S/c1-3-29-22(28)19-6-4-5-15-25(19)21(27)12-14-23(13-11-20(26)24-23)16-17-7-9-18(30-2)10-8-17/h7-10,19H,3-6,11-16H2,1-2H3,(H,24,26). The number of nitrogens with one attached hydrogen (secondary N) is 1. The van der Waals surface area contributed by atoms with Gasteiger partial charge in [-0.2, -0.15) is 0 Å². The molecule has 0 bridgehead atoms. The van der Waals surface area contributed by atoms with E-state index in [0.29, 0.717) is 45.3 Å². The van der Waals surface area contributed by atoms with Crippen molar-refractivity contribution < 1.29 is 19.1 Å². The van der Waals surface area contributed by atoms with E-state index in [1.807, 2.05) is 6.26 Å². The van der Waals surface area contributed by atoms with Crippen LogP contribution in [0.2, 0.25) is 0 Å². The molecule has 0 aromatic heterocycles. The molecule has 0 saturated carbocycles.